The van der Waals surface area contributed by atoms with Gasteiger partial charge in [0.2, 0.25) is 10.0 Å². The van der Waals surface area contributed by atoms with Crippen molar-refractivity contribution in [3.05, 3.63) is 46.8 Å². The summed E-state index contributed by atoms with van der Waals surface area (Å²) < 4.78 is 26.4. The smallest absolute Gasteiger partial charge is 0.235 e. The average Bonchev–Trinajstić information content (AvgIpc) is 2.98. The van der Waals surface area contributed by atoms with Gasteiger partial charge in [-0.15, -0.1) is 11.3 Å². The molecule has 1 aromatic carbocycles. The number of sulfonamides is 1. The summed E-state index contributed by atoms with van der Waals surface area (Å²) in [6.07, 6.45) is 3.55. The van der Waals surface area contributed by atoms with E-state index in [1.807, 2.05) is 12.1 Å². The summed E-state index contributed by atoms with van der Waals surface area (Å²) in [6.45, 7) is 6.22. The largest absolute Gasteiger partial charge is 0.380 e. The number of hydrogen-bond donors (Lipinski definition) is 2. The van der Waals surface area contributed by atoms with Crippen LogP contribution in [0.15, 0.2) is 36.4 Å². The highest BCUT2D eigenvalue weighted by Crippen LogP contribution is 2.24. The number of aryl methyl sites for hydroxylation is 1. The standard InChI is InChI=1S/C18H26N2O2S2/c1-4-5-6-15-7-9-16(10-8-15)19-13-17-11-12-18(23-17)20-24(21,22)14(2)3/h7-12,14,19-20H,4-6,13H2,1-3H3. The molecule has 0 spiro atoms. The highest BCUT2D eigenvalue weighted by molar-refractivity contribution is 7.93. The summed E-state index contributed by atoms with van der Waals surface area (Å²) in [7, 11) is -3.28. The van der Waals surface area contributed by atoms with Gasteiger partial charge in [0.1, 0.15) is 5.00 Å². The number of thiophene rings is 1. The van der Waals surface area contributed by atoms with Crippen molar-refractivity contribution in [2.45, 2.75) is 51.8 Å². The van der Waals surface area contributed by atoms with E-state index in [2.05, 4.69) is 41.2 Å². The minimum absolute atomic E-state index is 0.438. The van der Waals surface area contributed by atoms with Crippen LogP contribution in [0.4, 0.5) is 10.7 Å². The monoisotopic (exact) mass is 366 g/mol. The maximum absolute atomic E-state index is 11.9. The SMILES string of the molecule is CCCCc1ccc(NCc2ccc(NS(=O)(=O)C(C)C)s2)cc1. The van der Waals surface area contributed by atoms with Crippen molar-refractivity contribution in [1.29, 1.82) is 0 Å². The Morgan fingerprint density at radius 1 is 1.08 bits per heavy atom. The molecule has 0 bridgehead atoms. The zero-order chi connectivity index (χ0) is 17.6. The van der Waals surface area contributed by atoms with Crippen molar-refractivity contribution in [3.8, 4) is 0 Å². The molecule has 0 amide bonds. The van der Waals surface area contributed by atoms with Crippen molar-refractivity contribution in [3.63, 3.8) is 0 Å². The maximum Gasteiger partial charge on any atom is 0.235 e. The normalized spacial score (nSPS) is 11.7. The van der Waals surface area contributed by atoms with Crippen molar-refractivity contribution in [2.75, 3.05) is 10.0 Å². The van der Waals surface area contributed by atoms with Crippen LogP contribution in [0.5, 0.6) is 0 Å². The third kappa shape index (κ3) is 5.53. The van der Waals surface area contributed by atoms with Crippen molar-refractivity contribution >= 4 is 32.0 Å². The van der Waals surface area contributed by atoms with Gasteiger partial charge in [0, 0.05) is 17.1 Å². The number of unbranched alkanes of at least 4 members (excludes halogenated alkanes) is 1. The lowest BCUT2D eigenvalue weighted by Crippen LogP contribution is -2.21. The Morgan fingerprint density at radius 3 is 2.42 bits per heavy atom. The van der Waals surface area contributed by atoms with E-state index in [0.29, 0.717) is 11.5 Å². The van der Waals surface area contributed by atoms with Gasteiger partial charge in [0.05, 0.1) is 5.25 Å². The molecule has 2 N–H and O–H groups in total. The van der Waals surface area contributed by atoms with E-state index in [9.17, 15) is 8.42 Å². The molecule has 24 heavy (non-hydrogen) atoms. The molecule has 0 atom stereocenters. The lowest BCUT2D eigenvalue weighted by Gasteiger charge is -2.08. The van der Waals surface area contributed by atoms with Gasteiger partial charge >= 0.3 is 0 Å². The molecule has 0 unspecified atom stereocenters. The van der Waals surface area contributed by atoms with Crippen molar-refractivity contribution in [1.82, 2.24) is 0 Å². The Balaban J connectivity index is 1.89. The molecule has 1 aromatic heterocycles. The van der Waals surface area contributed by atoms with E-state index in [1.54, 1.807) is 13.8 Å². The number of hydrogen-bond acceptors (Lipinski definition) is 4. The fourth-order valence-corrected chi connectivity index (χ4v) is 3.94. The van der Waals surface area contributed by atoms with Crippen LogP contribution in [0.1, 0.15) is 44.1 Å². The highest BCUT2D eigenvalue weighted by atomic mass is 32.2. The van der Waals surface area contributed by atoms with Crippen molar-refractivity contribution in [2.24, 2.45) is 0 Å². The van der Waals surface area contributed by atoms with E-state index >= 15 is 0 Å². The van der Waals surface area contributed by atoms with E-state index in [0.717, 1.165) is 17.0 Å². The van der Waals surface area contributed by atoms with Gasteiger partial charge in [-0.05, 0) is 56.5 Å². The Bertz CT molecular complexity index is 735. The van der Waals surface area contributed by atoms with Crippen LogP contribution in [0.25, 0.3) is 0 Å². The Labute approximate surface area is 149 Å². The second-order valence-electron chi connectivity index (χ2n) is 6.12. The molecule has 1 heterocycles. The summed E-state index contributed by atoms with van der Waals surface area (Å²) in [6, 6.07) is 12.3. The van der Waals surface area contributed by atoms with Gasteiger partial charge in [0.15, 0.2) is 0 Å². The van der Waals surface area contributed by atoms with Gasteiger partial charge in [0.25, 0.3) is 0 Å². The first-order valence-electron chi connectivity index (χ1n) is 8.34. The summed E-state index contributed by atoms with van der Waals surface area (Å²) in [5, 5.41) is 3.60. The zero-order valence-electron chi connectivity index (χ0n) is 14.5. The Morgan fingerprint density at radius 2 is 1.79 bits per heavy atom. The van der Waals surface area contributed by atoms with E-state index in [1.165, 1.54) is 29.7 Å². The number of benzene rings is 1. The molecule has 4 nitrogen and oxygen atoms in total. The molecule has 0 radical (unpaired) electrons. The molecule has 132 valence electrons. The molecular weight excluding hydrogens is 340 g/mol. The molecular formula is C18H26N2O2S2. The van der Waals surface area contributed by atoms with Crippen LogP contribution in [-0.2, 0) is 23.0 Å². The Kier molecular flexibility index (Phi) is 6.69. The van der Waals surface area contributed by atoms with Crippen LogP contribution in [0, 0.1) is 0 Å². The number of anilines is 2. The number of nitrogens with one attached hydrogen (secondary N) is 2. The van der Waals surface area contributed by atoms with E-state index < -0.39 is 15.3 Å². The van der Waals surface area contributed by atoms with Crippen LogP contribution in [0.2, 0.25) is 0 Å². The highest BCUT2D eigenvalue weighted by Gasteiger charge is 2.16. The van der Waals surface area contributed by atoms with Crippen LogP contribution in [-0.4, -0.2) is 13.7 Å². The minimum atomic E-state index is -3.28. The molecule has 0 saturated carbocycles. The summed E-state index contributed by atoms with van der Waals surface area (Å²) in [4.78, 5) is 1.09. The minimum Gasteiger partial charge on any atom is -0.380 e. The number of rotatable bonds is 9. The third-order valence-corrected chi connectivity index (χ3v) is 6.64. The molecule has 6 heteroatoms. The third-order valence-electron chi connectivity index (χ3n) is 3.76. The zero-order valence-corrected chi connectivity index (χ0v) is 16.1. The van der Waals surface area contributed by atoms with Gasteiger partial charge in [-0.1, -0.05) is 25.5 Å². The van der Waals surface area contributed by atoms with Crippen molar-refractivity contribution < 1.29 is 8.42 Å². The summed E-state index contributed by atoms with van der Waals surface area (Å²) in [5.74, 6) is 0. The average molecular weight is 367 g/mol. The lowest BCUT2D eigenvalue weighted by molar-refractivity contribution is 0.593. The maximum atomic E-state index is 11.9. The van der Waals surface area contributed by atoms with Crippen LogP contribution < -0.4 is 10.0 Å². The molecule has 0 aliphatic heterocycles. The summed E-state index contributed by atoms with van der Waals surface area (Å²) in [5.41, 5.74) is 2.44. The first-order chi connectivity index (χ1) is 11.4. The van der Waals surface area contributed by atoms with Crippen LogP contribution >= 0.6 is 11.3 Å². The van der Waals surface area contributed by atoms with E-state index in [-0.39, 0.29) is 0 Å². The van der Waals surface area contributed by atoms with Crippen LogP contribution in [0.3, 0.4) is 0 Å². The van der Waals surface area contributed by atoms with Gasteiger partial charge < -0.3 is 5.32 Å². The lowest BCUT2D eigenvalue weighted by atomic mass is 10.1. The van der Waals surface area contributed by atoms with Gasteiger partial charge in [-0.2, -0.15) is 0 Å². The van der Waals surface area contributed by atoms with E-state index in [4.69, 9.17) is 0 Å². The molecule has 0 aliphatic carbocycles. The molecule has 2 rings (SSSR count). The Hall–Kier alpha value is -1.53. The fourth-order valence-electron chi connectivity index (χ4n) is 2.15. The topological polar surface area (TPSA) is 58.2 Å². The second-order valence-corrected chi connectivity index (χ2v) is 9.52. The molecule has 0 fully saturated rings. The second kappa shape index (κ2) is 8.53. The summed E-state index contributed by atoms with van der Waals surface area (Å²) >= 11 is 1.46. The first kappa shape index (κ1) is 18.8. The molecule has 2 aromatic rings. The van der Waals surface area contributed by atoms with Gasteiger partial charge in [-0.3, -0.25) is 4.72 Å². The molecule has 0 saturated heterocycles. The predicted octanol–water partition coefficient (Wildman–Crippen LogP) is 4.85. The van der Waals surface area contributed by atoms with Gasteiger partial charge in [-0.25, -0.2) is 8.42 Å². The fraction of sp³-hybridized carbons (Fsp3) is 0.444. The predicted molar refractivity (Wildman–Crippen MR) is 104 cm³/mol. The first-order valence-corrected chi connectivity index (χ1v) is 10.7. The molecule has 0 aliphatic rings. The quantitative estimate of drug-likeness (QED) is 0.667.